The molecule has 0 N–H and O–H groups in total. The van der Waals surface area contributed by atoms with Gasteiger partial charge >= 0.3 is 5.97 Å². The number of amides is 1. The maximum Gasteiger partial charge on any atom is 0.331 e. The Morgan fingerprint density at radius 3 is 2.50 bits per heavy atom. The van der Waals surface area contributed by atoms with Crippen molar-refractivity contribution in [2.45, 2.75) is 63.3 Å². The van der Waals surface area contributed by atoms with Gasteiger partial charge in [0, 0.05) is 5.56 Å². The summed E-state index contributed by atoms with van der Waals surface area (Å²) in [5.74, 6) is -0.319. The Bertz CT molecular complexity index is 723. The minimum atomic E-state index is -1.42. The number of carbonyl (C=O) groups excluding carboxylic acids is 2. The number of piperidine rings is 2. The van der Waals surface area contributed by atoms with Crippen LogP contribution in [0, 0.1) is 0 Å². The van der Waals surface area contributed by atoms with Crippen LogP contribution < -0.4 is 0 Å². The van der Waals surface area contributed by atoms with Crippen molar-refractivity contribution in [2.75, 3.05) is 7.11 Å². The van der Waals surface area contributed by atoms with E-state index in [-0.39, 0.29) is 17.9 Å². The Morgan fingerprint density at radius 1 is 1.19 bits per heavy atom. The zero-order chi connectivity index (χ0) is 18.9. The maximum atomic E-state index is 13.5. The number of rotatable bonds is 3. The van der Waals surface area contributed by atoms with Crippen molar-refractivity contribution in [2.24, 2.45) is 0 Å². The van der Waals surface area contributed by atoms with Gasteiger partial charge in [0.25, 0.3) is 5.91 Å². The quantitative estimate of drug-likeness (QED) is 0.591. The highest BCUT2D eigenvalue weighted by Gasteiger charge is 2.55. The Kier molecular flexibility index (Phi) is 5.11. The van der Waals surface area contributed by atoms with E-state index < -0.39 is 13.6 Å². The largest absolute Gasteiger partial charge is 0.467 e. The Labute approximate surface area is 157 Å². The Hall–Kier alpha value is -1.88. The molecule has 0 unspecified atom stereocenters. The van der Waals surface area contributed by atoms with Crippen LogP contribution in [-0.4, -0.2) is 43.5 Å². The molecule has 0 aromatic heterocycles. The van der Waals surface area contributed by atoms with Crippen molar-refractivity contribution in [1.29, 1.82) is 0 Å². The van der Waals surface area contributed by atoms with E-state index in [0.717, 1.165) is 19.3 Å². The smallest absolute Gasteiger partial charge is 0.331 e. The number of hydrogen-bond acceptors (Lipinski definition) is 3. The summed E-state index contributed by atoms with van der Waals surface area (Å²) < 4.78 is 5.18. The van der Waals surface area contributed by atoms with Crippen LogP contribution in [0.1, 0.15) is 42.5 Å². The van der Waals surface area contributed by atoms with Gasteiger partial charge in [-0.3, -0.25) is 4.79 Å². The highest BCUT2D eigenvalue weighted by Crippen LogP contribution is 2.46. The van der Waals surface area contributed by atoms with Gasteiger partial charge in [-0.2, -0.15) is 0 Å². The van der Waals surface area contributed by atoms with Crippen LogP contribution in [0.25, 0.3) is 0 Å². The molecule has 2 heterocycles. The second-order valence-corrected chi connectivity index (χ2v) is 13.6. The van der Waals surface area contributed by atoms with E-state index in [1.807, 2.05) is 35.2 Å². The van der Waals surface area contributed by atoms with Gasteiger partial charge < -0.3 is 9.64 Å². The molecular weight excluding hydrogens is 342 g/mol. The molecule has 0 spiro atoms. The zero-order valence-corrected chi connectivity index (χ0v) is 17.2. The summed E-state index contributed by atoms with van der Waals surface area (Å²) in [5.41, 5.74) is 3.59. The van der Waals surface area contributed by atoms with Gasteiger partial charge in [-0.1, -0.05) is 49.1 Å². The van der Waals surface area contributed by atoms with E-state index in [0.29, 0.717) is 18.4 Å². The standard InChI is InChI=1S/C21H29NO3Si/c1-25-20(24)21-13-8-11-18(17(12-14-21)15-26(2,3)4)22(21)19(23)16-9-6-5-7-10-16/h5-7,9-10,15,18H,8,11-14H2,1-4H3/b17-15+/t18-,21+/m0/s1. The third-order valence-electron chi connectivity index (χ3n) is 5.52. The van der Waals surface area contributed by atoms with Crippen molar-refractivity contribution in [3.63, 3.8) is 0 Å². The molecule has 0 aliphatic carbocycles. The first-order chi connectivity index (χ1) is 12.3. The number of nitrogens with zero attached hydrogens (tertiary/aromatic N) is 1. The van der Waals surface area contributed by atoms with Gasteiger partial charge in [-0.25, -0.2) is 4.79 Å². The molecule has 140 valence electrons. The highest BCUT2D eigenvalue weighted by molar-refractivity contribution is 6.81. The van der Waals surface area contributed by atoms with E-state index in [1.165, 1.54) is 12.7 Å². The first-order valence-electron chi connectivity index (χ1n) is 9.47. The van der Waals surface area contributed by atoms with Crippen LogP contribution in [0.3, 0.4) is 0 Å². The van der Waals surface area contributed by atoms with Gasteiger partial charge in [0.15, 0.2) is 0 Å². The van der Waals surface area contributed by atoms with Crippen LogP contribution in [0.4, 0.5) is 0 Å². The molecular formula is C21H29NO3Si. The van der Waals surface area contributed by atoms with E-state index in [4.69, 9.17) is 4.74 Å². The Balaban J connectivity index is 2.08. The predicted octanol–water partition coefficient (Wildman–Crippen LogP) is 4.19. The molecule has 1 aromatic carbocycles. The first-order valence-corrected chi connectivity index (χ1v) is 13.0. The topological polar surface area (TPSA) is 46.6 Å². The van der Waals surface area contributed by atoms with E-state index in [9.17, 15) is 9.59 Å². The minimum absolute atomic E-state index is 0.0102. The summed E-state index contributed by atoms with van der Waals surface area (Å²) in [6.45, 7) is 6.94. The van der Waals surface area contributed by atoms with Gasteiger partial charge in [-0.05, 0) is 44.2 Å². The summed E-state index contributed by atoms with van der Waals surface area (Å²) in [6, 6.07) is 9.32. The lowest BCUT2D eigenvalue weighted by molar-refractivity contribution is -0.159. The number of esters is 1. The molecule has 3 rings (SSSR count). The average molecular weight is 372 g/mol. The second kappa shape index (κ2) is 7.03. The maximum absolute atomic E-state index is 13.5. The van der Waals surface area contributed by atoms with Crippen molar-refractivity contribution in [3.05, 3.63) is 47.2 Å². The van der Waals surface area contributed by atoms with Gasteiger partial charge in [-0.15, -0.1) is 0 Å². The molecule has 2 atom stereocenters. The van der Waals surface area contributed by atoms with Gasteiger partial charge in [0.2, 0.25) is 0 Å². The fraction of sp³-hybridized carbons (Fsp3) is 0.524. The lowest BCUT2D eigenvalue weighted by Crippen LogP contribution is -2.66. The molecule has 1 amide bonds. The molecule has 2 saturated heterocycles. The summed E-state index contributed by atoms with van der Waals surface area (Å²) >= 11 is 0. The number of methoxy groups -OCH3 is 1. The van der Waals surface area contributed by atoms with Crippen molar-refractivity contribution < 1.29 is 14.3 Å². The predicted molar refractivity (Wildman–Crippen MR) is 106 cm³/mol. The molecule has 2 aliphatic rings. The first kappa shape index (κ1) is 18.9. The fourth-order valence-corrected chi connectivity index (χ4v) is 5.97. The number of fused-ring (bicyclic) bond motifs is 2. The normalized spacial score (nSPS) is 27.3. The fourth-order valence-electron chi connectivity index (χ4n) is 4.52. The molecule has 26 heavy (non-hydrogen) atoms. The monoisotopic (exact) mass is 371 g/mol. The molecule has 5 heteroatoms. The Morgan fingerprint density at radius 2 is 1.88 bits per heavy atom. The molecule has 1 aromatic rings. The molecule has 4 nitrogen and oxygen atoms in total. The van der Waals surface area contributed by atoms with E-state index in [1.54, 1.807) is 0 Å². The SMILES string of the molecule is COC(=O)[C@@]12CCC[C@@H](/C(=C/[Si](C)(C)C)CC1)N2C(=O)c1ccccc1. The highest BCUT2D eigenvalue weighted by atomic mass is 28.3. The van der Waals surface area contributed by atoms with Crippen LogP contribution in [0.2, 0.25) is 19.6 Å². The third kappa shape index (κ3) is 3.37. The molecule has 0 saturated carbocycles. The number of hydrogen-bond donors (Lipinski definition) is 0. The molecule has 0 radical (unpaired) electrons. The molecule has 2 bridgehead atoms. The summed E-state index contributed by atoms with van der Waals surface area (Å²) in [7, 11) is 0.00958. The summed E-state index contributed by atoms with van der Waals surface area (Å²) in [5, 5.41) is 0. The number of ether oxygens (including phenoxy) is 1. The summed E-state index contributed by atoms with van der Waals surface area (Å²) in [4.78, 5) is 28.1. The lowest BCUT2D eigenvalue weighted by Gasteiger charge is -2.54. The second-order valence-electron chi connectivity index (χ2n) is 8.56. The van der Waals surface area contributed by atoms with Crippen LogP contribution in [0.15, 0.2) is 41.6 Å². The van der Waals surface area contributed by atoms with Crippen LogP contribution in [0.5, 0.6) is 0 Å². The van der Waals surface area contributed by atoms with Crippen molar-refractivity contribution in [1.82, 2.24) is 4.90 Å². The third-order valence-corrected chi connectivity index (χ3v) is 6.76. The molecule has 2 aliphatic heterocycles. The minimum Gasteiger partial charge on any atom is -0.467 e. The van der Waals surface area contributed by atoms with Crippen molar-refractivity contribution >= 4 is 20.0 Å². The van der Waals surface area contributed by atoms with Gasteiger partial charge in [0.05, 0.1) is 21.2 Å². The summed E-state index contributed by atoms with van der Waals surface area (Å²) in [6.07, 6.45) is 4.09. The average Bonchev–Trinajstić information content (AvgIpc) is 2.62. The zero-order valence-electron chi connectivity index (χ0n) is 16.2. The number of benzene rings is 1. The van der Waals surface area contributed by atoms with E-state index in [2.05, 4.69) is 25.3 Å². The lowest BCUT2D eigenvalue weighted by atomic mass is 9.72. The van der Waals surface area contributed by atoms with Gasteiger partial charge in [0.1, 0.15) is 5.54 Å². The number of carbonyl (C=O) groups is 2. The molecule has 2 fully saturated rings. The van der Waals surface area contributed by atoms with Crippen molar-refractivity contribution in [3.8, 4) is 0 Å². The van der Waals surface area contributed by atoms with E-state index >= 15 is 0 Å². The van der Waals surface area contributed by atoms with Crippen LogP contribution >= 0.6 is 0 Å². The van der Waals surface area contributed by atoms with Crippen LogP contribution in [-0.2, 0) is 9.53 Å².